The highest BCUT2D eigenvalue weighted by Crippen LogP contribution is 2.30. The minimum atomic E-state index is -3.53. The Bertz CT molecular complexity index is 1210. The predicted molar refractivity (Wildman–Crippen MR) is 123 cm³/mol. The van der Waals surface area contributed by atoms with Crippen molar-refractivity contribution in [2.24, 2.45) is 0 Å². The van der Waals surface area contributed by atoms with E-state index in [0.29, 0.717) is 36.8 Å². The lowest BCUT2D eigenvalue weighted by Gasteiger charge is -2.26. The molecule has 12 heteroatoms. The van der Waals surface area contributed by atoms with Crippen LogP contribution in [0.3, 0.4) is 0 Å². The second-order valence-corrected chi connectivity index (χ2v) is 13.7. The Morgan fingerprint density at radius 3 is 2.31 bits per heavy atom. The van der Waals surface area contributed by atoms with Crippen LogP contribution in [-0.2, 0) is 33.0 Å². The number of anilines is 1. The number of nitrogens with zero attached hydrogens (tertiary/aromatic N) is 3. The van der Waals surface area contributed by atoms with Gasteiger partial charge in [0.1, 0.15) is 0 Å². The van der Waals surface area contributed by atoms with Gasteiger partial charge in [-0.1, -0.05) is 0 Å². The van der Waals surface area contributed by atoms with Gasteiger partial charge in [-0.15, -0.1) is 11.3 Å². The van der Waals surface area contributed by atoms with Gasteiger partial charge in [0.25, 0.3) is 5.91 Å². The SMILES string of the molecule is CC(C)S(=O)(=O)N1CCc2nc(NC(=O)c3ccc(S(=O)(=O)N4CCCC4)cc3)sc2C1. The molecule has 1 fully saturated rings. The molecule has 1 amide bonds. The standard InChI is InChI=1S/C20H26N4O5S3/c1-14(2)31(26,27)24-12-9-17-18(13-24)30-20(21-17)22-19(25)15-5-7-16(8-6-15)32(28,29)23-10-3-4-11-23/h5-8,14H,3-4,9-13H2,1-2H3,(H,21,22,25). The van der Waals surface area contributed by atoms with E-state index in [2.05, 4.69) is 10.3 Å². The third-order valence-corrected chi connectivity index (χ3v) is 10.8. The van der Waals surface area contributed by atoms with E-state index in [-0.39, 0.29) is 11.4 Å². The molecule has 2 aliphatic heterocycles. The Labute approximate surface area is 192 Å². The van der Waals surface area contributed by atoms with E-state index in [9.17, 15) is 21.6 Å². The number of nitrogens with one attached hydrogen (secondary N) is 1. The summed E-state index contributed by atoms with van der Waals surface area (Å²) >= 11 is 1.26. The maximum Gasteiger partial charge on any atom is 0.257 e. The van der Waals surface area contributed by atoms with Gasteiger partial charge in [0, 0.05) is 43.0 Å². The zero-order chi connectivity index (χ0) is 23.1. The van der Waals surface area contributed by atoms with E-state index in [1.807, 2.05) is 0 Å². The highest BCUT2D eigenvalue weighted by molar-refractivity contribution is 7.89. The molecular weight excluding hydrogens is 472 g/mol. The van der Waals surface area contributed by atoms with Crippen molar-refractivity contribution in [3.05, 3.63) is 40.4 Å². The van der Waals surface area contributed by atoms with Gasteiger partial charge in [-0.05, 0) is 51.0 Å². The smallest absolute Gasteiger partial charge is 0.257 e. The van der Waals surface area contributed by atoms with Crippen LogP contribution in [0.1, 0.15) is 47.6 Å². The number of sulfonamides is 2. The highest BCUT2D eigenvalue weighted by Gasteiger charge is 2.31. The molecule has 2 aromatic rings. The molecule has 32 heavy (non-hydrogen) atoms. The van der Waals surface area contributed by atoms with Gasteiger partial charge >= 0.3 is 0 Å². The Morgan fingerprint density at radius 2 is 1.69 bits per heavy atom. The van der Waals surface area contributed by atoms with Crippen molar-refractivity contribution in [3.63, 3.8) is 0 Å². The lowest BCUT2D eigenvalue weighted by atomic mass is 10.2. The largest absolute Gasteiger partial charge is 0.298 e. The van der Waals surface area contributed by atoms with Crippen molar-refractivity contribution >= 4 is 42.4 Å². The van der Waals surface area contributed by atoms with Crippen molar-refractivity contribution in [1.29, 1.82) is 0 Å². The molecule has 9 nitrogen and oxygen atoms in total. The molecule has 1 aromatic heterocycles. The summed E-state index contributed by atoms with van der Waals surface area (Å²) in [5.74, 6) is -0.395. The molecule has 0 saturated carbocycles. The molecule has 0 aliphatic carbocycles. The number of carbonyl (C=O) groups excluding carboxylic acids is 1. The van der Waals surface area contributed by atoms with E-state index < -0.39 is 31.2 Å². The van der Waals surface area contributed by atoms with Gasteiger partial charge < -0.3 is 0 Å². The maximum absolute atomic E-state index is 12.6. The molecule has 1 aromatic carbocycles. The minimum absolute atomic E-state index is 0.173. The summed E-state index contributed by atoms with van der Waals surface area (Å²) in [7, 11) is -6.88. The number of hydrogen-bond donors (Lipinski definition) is 1. The van der Waals surface area contributed by atoms with E-state index >= 15 is 0 Å². The van der Waals surface area contributed by atoms with Gasteiger partial charge in [-0.3, -0.25) is 10.1 Å². The first-order valence-electron chi connectivity index (χ1n) is 10.5. The van der Waals surface area contributed by atoms with E-state index in [4.69, 9.17) is 0 Å². The zero-order valence-electron chi connectivity index (χ0n) is 17.9. The topological polar surface area (TPSA) is 117 Å². The average Bonchev–Trinajstić information content (AvgIpc) is 3.43. The molecule has 0 atom stereocenters. The number of fused-ring (bicyclic) bond motifs is 1. The first kappa shape index (κ1) is 23.3. The number of hydrogen-bond acceptors (Lipinski definition) is 7. The molecule has 1 N–H and O–H groups in total. The lowest BCUT2D eigenvalue weighted by Crippen LogP contribution is -2.39. The van der Waals surface area contributed by atoms with Crippen LogP contribution < -0.4 is 5.32 Å². The fourth-order valence-electron chi connectivity index (χ4n) is 3.77. The fourth-order valence-corrected chi connectivity index (χ4v) is 7.63. The van der Waals surface area contributed by atoms with Crippen molar-refractivity contribution in [2.75, 3.05) is 25.0 Å². The van der Waals surface area contributed by atoms with E-state index in [1.54, 1.807) is 13.8 Å². The van der Waals surface area contributed by atoms with Crippen molar-refractivity contribution in [2.45, 2.75) is 49.8 Å². The molecule has 0 bridgehead atoms. The molecule has 1 saturated heterocycles. The Balaban J connectivity index is 1.45. The maximum atomic E-state index is 12.6. The summed E-state index contributed by atoms with van der Waals surface area (Å²) in [5, 5.41) is 2.65. The number of thiazole rings is 1. The van der Waals surface area contributed by atoms with Crippen LogP contribution in [-0.4, -0.2) is 61.2 Å². The molecule has 3 heterocycles. The summed E-state index contributed by atoms with van der Waals surface area (Å²) in [5.41, 5.74) is 1.12. The first-order valence-corrected chi connectivity index (χ1v) is 14.2. The molecule has 174 valence electrons. The Hall–Kier alpha value is -1.86. The van der Waals surface area contributed by atoms with Gasteiger partial charge in [-0.2, -0.15) is 8.61 Å². The molecule has 0 radical (unpaired) electrons. The Morgan fingerprint density at radius 1 is 1.03 bits per heavy atom. The van der Waals surface area contributed by atoms with Crippen LogP contribution >= 0.6 is 11.3 Å². The van der Waals surface area contributed by atoms with Crippen molar-refractivity contribution < 1.29 is 21.6 Å². The first-order chi connectivity index (χ1) is 15.1. The van der Waals surface area contributed by atoms with Gasteiger partial charge in [0.15, 0.2) is 5.13 Å². The van der Waals surface area contributed by atoms with Crippen LogP contribution in [0.15, 0.2) is 29.2 Å². The second-order valence-electron chi connectivity index (χ2n) is 8.16. The van der Waals surface area contributed by atoms with Crippen LogP contribution in [0.5, 0.6) is 0 Å². The highest BCUT2D eigenvalue weighted by atomic mass is 32.2. The number of rotatable bonds is 6. The summed E-state index contributed by atoms with van der Waals surface area (Å²) in [6.07, 6.45) is 2.22. The summed E-state index contributed by atoms with van der Waals surface area (Å²) in [6.45, 7) is 4.99. The van der Waals surface area contributed by atoms with Gasteiger partial charge in [0.2, 0.25) is 20.0 Å². The van der Waals surface area contributed by atoms with Crippen molar-refractivity contribution in [3.8, 4) is 0 Å². The number of amides is 1. The minimum Gasteiger partial charge on any atom is -0.298 e. The van der Waals surface area contributed by atoms with E-state index in [1.165, 1.54) is 44.2 Å². The van der Waals surface area contributed by atoms with Crippen LogP contribution in [0, 0.1) is 0 Å². The molecule has 0 unspecified atom stereocenters. The Kier molecular flexibility index (Phi) is 6.43. The molecule has 0 spiro atoms. The second kappa shape index (κ2) is 8.82. The normalized spacial score (nSPS) is 18.1. The third kappa shape index (κ3) is 4.46. The summed E-state index contributed by atoms with van der Waals surface area (Å²) in [4.78, 5) is 18.1. The average molecular weight is 499 g/mol. The third-order valence-electron chi connectivity index (χ3n) is 5.69. The van der Waals surface area contributed by atoms with Crippen LogP contribution in [0.25, 0.3) is 0 Å². The predicted octanol–water partition coefficient (Wildman–Crippen LogP) is 2.28. The van der Waals surface area contributed by atoms with E-state index in [0.717, 1.165) is 23.4 Å². The number of benzene rings is 1. The fraction of sp³-hybridized carbons (Fsp3) is 0.500. The summed E-state index contributed by atoms with van der Waals surface area (Å²) < 4.78 is 53.1. The quantitative estimate of drug-likeness (QED) is 0.653. The molecule has 4 rings (SSSR count). The van der Waals surface area contributed by atoms with Gasteiger partial charge in [0.05, 0.1) is 15.8 Å². The molecule has 2 aliphatic rings. The van der Waals surface area contributed by atoms with Crippen LogP contribution in [0.4, 0.5) is 5.13 Å². The monoisotopic (exact) mass is 498 g/mol. The number of aromatic nitrogens is 1. The lowest BCUT2D eigenvalue weighted by molar-refractivity contribution is 0.102. The van der Waals surface area contributed by atoms with Crippen molar-refractivity contribution in [1.82, 2.24) is 13.6 Å². The van der Waals surface area contributed by atoms with Crippen LogP contribution in [0.2, 0.25) is 0 Å². The van der Waals surface area contributed by atoms with Gasteiger partial charge in [-0.25, -0.2) is 21.8 Å². The number of carbonyl (C=O) groups is 1. The molecular formula is C20H26N4O5S3. The summed E-state index contributed by atoms with van der Waals surface area (Å²) in [6, 6.07) is 5.87. The zero-order valence-corrected chi connectivity index (χ0v) is 20.4.